The van der Waals surface area contributed by atoms with Gasteiger partial charge < -0.3 is 10.5 Å². The van der Waals surface area contributed by atoms with Gasteiger partial charge in [0.05, 0.1) is 11.8 Å². The third-order valence-electron chi connectivity index (χ3n) is 2.48. The number of pyridine rings is 1. The van der Waals surface area contributed by atoms with Gasteiger partial charge in [0.15, 0.2) is 0 Å². The van der Waals surface area contributed by atoms with Crippen LogP contribution in [0.15, 0.2) is 18.5 Å². The molecule has 0 radical (unpaired) electrons. The summed E-state index contributed by atoms with van der Waals surface area (Å²) in [5.41, 5.74) is 7.54. The summed E-state index contributed by atoms with van der Waals surface area (Å²) in [6, 6.07) is 1.97. The van der Waals surface area contributed by atoms with Gasteiger partial charge >= 0.3 is 0 Å². The van der Waals surface area contributed by atoms with Crippen LogP contribution in [0.25, 0.3) is 0 Å². The molecule has 0 aromatic carbocycles. The summed E-state index contributed by atoms with van der Waals surface area (Å²) in [6.07, 6.45) is 3.93. The van der Waals surface area contributed by atoms with E-state index in [2.05, 4.69) is 9.88 Å². The van der Waals surface area contributed by atoms with E-state index in [1.54, 1.807) is 13.3 Å². The smallest absolute Gasteiger partial charge is 0.0825 e. The van der Waals surface area contributed by atoms with Crippen LogP contribution in [0.1, 0.15) is 5.56 Å². The molecule has 1 aromatic heterocycles. The Morgan fingerprint density at radius 2 is 2.36 bits per heavy atom. The molecule has 0 amide bonds. The van der Waals surface area contributed by atoms with Crippen molar-refractivity contribution in [1.29, 1.82) is 0 Å². The zero-order valence-corrected chi connectivity index (χ0v) is 8.31. The van der Waals surface area contributed by atoms with E-state index in [1.165, 1.54) is 5.56 Å². The number of anilines is 1. The Bertz CT molecular complexity index is 310. The third-order valence-corrected chi connectivity index (χ3v) is 2.48. The second kappa shape index (κ2) is 3.94. The zero-order valence-electron chi connectivity index (χ0n) is 8.31. The second-order valence-electron chi connectivity index (χ2n) is 3.68. The van der Waals surface area contributed by atoms with Gasteiger partial charge in [-0.3, -0.25) is 9.88 Å². The number of nitrogen functional groups attached to an aromatic ring is 1. The van der Waals surface area contributed by atoms with Gasteiger partial charge in [0, 0.05) is 39.1 Å². The first-order valence-electron chi connectivity index (χ1n) is 4.72. The number of nitrogens with zero attached hydrogens (tertiary/aromatic N) is 2. The highest BCUT2D eigenvalue weighted by Crippen LogP contribution is 2.15. The maximum Gasteiger partial charge on any atom is 0.0825 e. The van der Waals surface area contributed by atoms with Gasteiger partial charge in [-0.2, -0.15) is 0 Å². The predicted molar refractivity (Wildman–Crippen MR) is 54.7 cm³/mol. The quantitative estimate of drug-likeness (QED) is 0.759. The minimum absolute atomic E-state index is 0.406. The number of hydrogen-bond donors (Lipinski definition) is 1. The lowest BCUT2D eigenvalue weighted by atomic mass is 10.1. The van der Waals surface area contributed by atoms with Crippen molar-refractivity contribution in [3.8, 4) is 0 Å². The van der Waals surface area contributed by atoms with Gasteiger partial charge in [-0.15, -0.1) is 0 Å². The molecule has 76 valence electrons. The van der Waals surface area contributed by atoms with Gasteiger partial charge in [0.2, 0.25) is 0 Å². The van der Waals surface area contributed by atoms with Gasteiger partial charge in [0.25, 0.3) is 0 Å². The molecule has 0 saturated carbocycles. The predicted octanol–water partition coefficient (Wildman–Crippen LogP) is 0.494. The van der Waals surface area contributed by atoms with Crippen LogP contribution < -0.4 is 5.73 Å². The number of hydrogen-bond acceptors (Lipinski definition) is 4. The lowest BCUT2D eigenvalue weighted by molar-refractivity contribution is -0.0334. The van der Waals surface area contributed by atoms with Crippen LogP contribution in [-0.2, 0) is 11.3 Å². The number of likely N-dealkylation sites (tertiary alicyclic amines) is 1. The summed E-state index contributed by atoms with van der Waals surface area (Å²) in [6.45, 7) is 2.93. The monoisotopic (exact) mass is 193 g/mol. The highest BCUT2D eigenvalue weighted by Gasteiger charge is 2.25. The largest absolute Gasteiger partial charge is 0.397 e. The number of rotatable bonds is 3. The van der Waals surface area contributed by atoms with Crippen LogP contribution >= 0.6 is 0 Å². The zero-order chi connectivity index (χ0) is 9.97. The molecule has 2 rings (SSSR count). The molecule has 0 atom stereocenters. The molecular formula is C10H15N3O. The van der Waals surface area contributed by atoms with Crippen molar-refractivity contribution in [3.63, 3.8) is 0 Å². The number of aromatic nitrogens is 1. The topological polar surface area (TPSA) is 51.4 Å². The lowest BCUT2D eigenvalue weighted by Gasteiger charge is -2.38. The van der Waals surface area contributed by atoms with E-state index in [1.807, 2.05) is 12.3 Å². The van der Waals surface area contributed by atoms with E-state index in [-0.39, 0.29) is 0 Å². The van der Waals surface area contributed by atoms with E-state index in [4.69, 9.17) is 10.5 Å². The Morgan fingerprint density at radius 1 is 1.57 bits per heavy atom. The normalized spacial score (nSPS) is 18.1. The van der Waals surface area contributed by atoms with Crippen molar-refractivity contribution >= 4 is 5.69 Å². The Labute approximate surface area is 83.7 Å². The maximum atomic E-state index is 5.64. The van der Waals surface area contributed by atoms with Crippen LogP contribution in [0.2, 0.25) is 0 Å². The molecule has 2 N–H and O–H groups in total. The van der Waals surface area contributed by atoms with Crippen molar-refractivity contribution in [3.05, 3.63) is 24.0 Å². The first-order valence-corrected chi connectivity index (χ1v) is 4.72. The molecular weight excluding hydrogens is 178 g/mol. The minimum atomic E-state index is 0.406. The van der Waals surface area contributed by atoms with Crippen molar-refractivity contribution in [2.75, 3.05) is 25.9 Å². The molecule has 1 saturated heterocycles. The molecule has 0 bridgehead atoms. The fourth-order valence-corrected chi connectivity index (χ4v) is 1.65. The van der Waals surface area contributed by atoms with Crippen molar-refractivity contribution in [1.82, 2.24) is 9.88 Å². The van der Waals surface area contributed by atoms with E-state index in [0.717, 1.165) is 25.3 Å². The molecule has 0 spiro atoms. The molecule has 0 unspecified atom stereocenters. The second-order valence-corrected chi connectivity index (χ2v) is 3.68. The van der Waals surface area contributed by atoms with Crippen molar-refractivity contribution in [2.45, 2.75) is 12.6 Å². The molecule has 1 fully saturated rings. The van der Waals surface area contributed by atoms with Crippen LogP contribution in [0, 0.1) is 0 Å². The van der Waals surface area contributed by atoms with E-state index in [0.29, 0.717) is 6.10 Å². The highest BCUT2D eigenvalue weighted by atomic mass is 16.5. The molecule has 4 nitrogen and oxygen atoms in total. The van der Waals surface area contributed by atoms with Crippen molar-refractivity contribution in [2.24, 2.45) is 0 Å². The molecule has 1 aromatic rings. The Morgan fingerprint density at radius 3 is 3.00 bits per heavy atom. The summed E-state index contributed by atoms with van der Waals surface area (Å²) in [5.74, 6) is 0. The molecule has 2 heterocycles. The molecule has 4 heteroatoms. The fourth-order valence-electron chi connectivity index (χ4n) is 1.65. The SMILES string of the molecule is COC1CN(Cc2cncc(N)c2)C1. The number of nitrogens with two attached hydrogens (primary N) is 1. The molecule has 14 heavy (non-hydrogen) atoms. The maximum absolute atomic E-state index is 5.64. The van der Waals surface area contributed by atoms with Crippen molar-refractivity contribution < 1.29 is 4.74 Å². The Balaban J connectivity index is 1.87. The van der Waals surface area contributed by atoms with Crippen LogP contribution in [0.3, 0.4) is 0 Å². The Kier molecular flexibility index (Phi) is 2.65. The standard InChI is InChI=1S/C10H15N3O/c1-14-10-6-13(7-10)5-8-2-9(11)4-12-3-8/h2-4,10H,5-7,11H2,1H3. The highest BCUT2D eigenvalue weighted by molar-refractivity contribution is 5.36. The summed E-state index contributed by atoms with van der Waals surface area (Å²) in [5, 5.41) is 0. The van der Waals surface area contributed by atoms with Gasteiger partial charge in [-0.1, -0.05) is 0 Å². The molecule has 1 aliphatic rings. The van der Waals surface area contributed by atoms with E-state index < -0.39 is 0 Å². The first kappa shape index (κ1) is 9.43. The molecule has 0 aliphatic carbocycles. The summed E-state index contributed by atoms with van der Waals surface area (Å²) < 4.78 is 5.20. The molecule has 1 aliphatic heterocycles. The van der Waals surface area contributed by atoms with Gasteiger partial charge in [0.1, 0.15) is 0 Å². The van der Waals surface area contributed by atoms with Crippen LogP contribution in [0.4, 0.5) is 5.69 Å². The minimum Gasteiger partial charge on any atom is -0.397 e. The van der Waals surface area contributed by atoms with E-state index >= 15 is 0 Å². The van der Waals surface area contributed by atoms with Gasteiger partial charge in [-0.05, 0) is 11.6 Å². The lowest BCUT2D eigenvalue weighted by Crippen LogP contribution is -2.50. The van der Waals surface area contributed by atoms with Gasteiger partial charge in [-0.25, -0.2) is 0 Å². The fraction of sp³-hybridized carbons (Fsp3) is 0.500. The summed E-state index contributed by atoms with van der Waals surface area (Å²) >= 11 is 0. The summed E-state index contributed by atoms with van der Waals surface area (Å²) in [4.78, 5) is 6.36. The summed E-state index contributed by atoms with van der Waals surface area (Å²) in [7, 11) is 1.75. The number of ether oxygens (including phenoxy) is 1. The third kappa shape index (κ3) is 2.02. The first-order chi connectivity index (χ1) is 6.78. The van der Waals surface area contributed by atoms with Crippen LogP contribution in [-0.4, -0.2) is 36.2 Å². The van der Waals surface area contributed by atoms with Crippen LogP contribution in [0.5, 0.6) is 0 Å². The van der Waals surface area contributed by atoms with E-state index in [9.17, 15) is 0 Å². The average molecular weight is 193 g/mol. The number of methoxy groups -OCH3 is 1. The average Bonchev–Trinajstić information content (AvgIpc) is 2.10. The Hall–Kier alpha value is -1.13.